The topological polar surface area (TPSA) is 43.1 Å². The number of nitrogens with zero attached hydrogens (tertiary/aromatic N) is 1. The third-order valence-electron chi connectivity index (χ3n) is 4.95. The molecule has 0 saturated carbocycles. The van der Waals surface area contributed by atoms with Gasteiger partial charge in [0.2, 0.25) is 0 Å². The summed E-state index contributed by atoms with van der Waals surface area (Å²) in [4.78, 5) is 12.2. The van der Waals surface area contributed by atoms with E-state index >= 15 is 0 Å². The van der Waals surface area contributed by atoms with E-state index in [1.165, 1.54) is 0 Å². The molecule has 0 radical (unpaired) electrons. The van der Waals surface area contributed by atoms with E-state index in [1.807, 2.05) is 68.4 Å². The first-order valence-electron chi connectivity index (χ1n) is 8.86. The minimum absolute atomic E-state index is 0.235. The van der Waals surface area contributed by atoms with Gasteiger partial charge in [-0.1, -0.05) is 70.8 Å². The summed E-state index contributed by atoms with van der Waals surface area (Å²) in [6.45, 7) is 3.93. The summed E-state index contributed by atoms with van der Waals surface area (Å²) in [7, 11) is 0. The number of aromatic nitrogens is 1. The molecule has 0 N–H and O–H groups in total. The number of hydrogen-bond acceptors (Lipinski definition) is 3. The van der Waals surface area contributed by atoms with Crippen molar-refractivity contribution in [1.29, 1.82) is 0 Å². The van der Waals surface area contributed by atoms with Gasteiger partial charge in [-0.05, 0) is 54.3 Å². The number of rotatable bonds is 3. The third kappa shape index (κ3) is 3.32. The van der Waals surface area contributed by atoms with Crippen LogP contribution in [-0.2, 0) is 0 Å². The highest BCUT2D eigenvalue weighted by atomic mass is 35.5. The quantitative estimate of drug-likeness (QED) is 0.399. The molecule has 0 fully saturated rings. The highest BCUT2D eigenvalue weighted by molar-refractivity contribution is 6.31. The Morgan fingerprint density at radius 3 is 1.89 bits per heavy atom. The van der Waals surface area contributed by atoms with Crippen molar-refractivity contribution in [3.63, 3.8) is 0 Å². The Kier molecular flexibility index (Phi) is 4.96. The molecule has 0 unspecified atom stereocenters. The Hall–Kier alpha value is -2.62. The molecule has 4 aromatic rings. The lowest BCUT2D eigenvalue weighted by Crippen LogP contribution is -2.11. The van der Waals surface area contributed by atoms with Gasteiger partial charge in [0.25, 0.3) is 0 Å². The van der Waals surface area contributed by atoms with Gasteiger partial charge in [-0.25, -0.2) is 4.79 Å². The molecule has 1 aromatic heterocycles. The molecule has 0 bridgehead atoms. The fourth-order valence-corrected chi connectivity index (χ4v) is 3.72. The van der Waals surface area contributed by atoms with E-state index < -0.39 is 5.63 Å². The average Bonchev–Trinajstić information content (AvgIpc) is 2.69. The second kappa shape index (κ2) is 7.42. The highest BCUT2D eigenvalue weighted by Crippen LogP contribution is 2.36. The van der Waals surface area contributed by atoms with Crippen LogP contribution in [0, 0.1) is 13.8 Å². The molecule has 0 aliphatic heterocycles. The molecule has 28 heavy (non-hydrogen) atoms. The zero-order valence-corrected chi connectivity index (χ0v) is 16.9. The first-order valence-corrected chi connectivity index (χ1v) is 9.62. The van der Waals surface area contributed by atoms with Crippen LogP contribution in [0.5, 0.6) is 0 Å². The molecule has 0 aliphatic carbocycles. The molecule has 0 saturated heterocycles. The van der Waals surface area contributed by atoms with Crippen molar-refractivity contribution in [3.8, 4) is 0 Å². The van der Waals surface area contributed by atoms with Crippen LogP contribution in [0.4, 0.5) is 0 Å². The van der Waals surface area contributed by atoms with E-state index in [2.05, 4.69) is 5.16 Å². The van der Waals surface area contributed by atoms with Gasteiger partial charge in [-0.15, -0.1) is 0 Å². The second-order valence-electron chi connectivity index (χ2n) is 6.85. The van der Waals surface area contributed by atoms with Crippen molar-refractivity contribution in [2.24, 2.45) is 0 Å². The molecule has 0 spiro atoms. The van der Waals surface area contributed by atoms with E-state index in [0.29, 0.717) is 21.1 Å². The van der Waals surface area contributed by atoms with Crippen LogP contribution >= 0.6 is 23.2 Å². The van der Waals surface area contributed by atoms with Crippen molar-refractivity contribution >= 4 is 34.0 Å². The Labute approximate surface area is 172 Å². The maximum Gasteiger partial charge on any atom is 0.366 e. The lowest BCUT2D eigenvalue weighted by atomic mass is 9.85. The van der Waals surface area contributed by atoms with Crippen LogP contribution in [-0.4, -0.2) is 5.16 Å². The zero-order chi connectivity index (χ0) is 19.8. The van der Waals surface area contributed by atoms with E-state index in [4.69, 9.17) is 27.7 Å². The minimum Gasteiger partial charge on any atom is -0.312 e. The first-order chi connectivity index (χ1) is 13.5. The largest absolute Gasteiger partial charge is 0.366 e. The van der Waals surface area contributed by atoms with Crippen LogP contribution in [0.15, 0.2) is 70.0 Å². The van der Waals surface area contributed by atoms with Crippen molar-refractivity contribution in [3.05, 3.63) is 109 Å². The van der Waals surface area contributed by atoms with E-state index in [0.717, 1.165) is 27.6 Å². The summed E-state index contributed by atoms with van der Waals surface area (Å²) in [6.07, 6.45) is 0. The molecule has 4 rings (SSSR count). The van der Waals surface area contributed by atoms with Gasteiger partial charge >= 0.3 is 5.63 Å². The Balaban J connectivity index is 2.03. The Morgan fingerprint density at radius 1 is 0.821 bits per heavy atom. The van der Waals surface area contributed by atoms with Gasteiger partial charge in [-0.2, -0.15) is 0 Å². The molecule has 140 valence electrons. The average molecular weight is 410 g/mol. The summed E-state index contributed by atoms with van der Waals surface area (Å²) in [5.41, 5.74) is 4.19. The number of halogens is 2. The van der Waals surface area contributed by atoms with E-state index in [9.17, 15) is 4.79 Å². The van der Waals surface area contributed by atoms with Crippen molar-refractivity contribution < 1.29 is 4.52 Å². The fourth-order valence-electron chi connectivity index (χ4n) is 3.48. The summed E-state index contributed by atoms with van der Waals surface area (Å²) in [6, 6.07) is 19.2. The maximum absolute atomic E-state index is 12.2. The molecule has 3 aromatic carbocycles. The van der Waals surface area contributed by atoms with Gasteiger partial charge in [0, 0.05) is 15.4 Å². The van der Waals surface area contributed by atoms with Crippen LogP contribution in [0.25, 0.3) is 10.8 Å². The lowest BCUT2D eigenvalue weighted by Gasteiger charge is -2.20. The lowest BCUT2D eigenvalue weighted by molar-refractivity contribution is 0.366. The molecule has 0 amide bonds. The standard InChI is InChI=1S/C23H17Cl2NO2/c1-13-11-15(7-9-19(13)24)21(16-8-10-20(25)14(2)12-16)22-17-5-3-4-6-18(17)23(27)28-26-22/h3-12,21H,1-2H3. The number of aryl methyl sites for hydroxylation is 2. The number of fused-ring (bicyclic) bond motifs is 1. The number of hydrogen-bond donors (Lipinski definition) is 0. The predicted octanol–water partition coefficient (Wildman–Crippen LogP) is 6.29. The molecular weight excluding hydrogens is 393 g/mol. The molecule has 1 heterocycles. The first kappa shape index (κ1) is 18.7. The monoisotopic (exact) mass is 409 g/mol. The van der Waals surface area contributed by atoms with Crippen LogP contribution in [0.1, 0.15) is 33.9 Å². The van der Waals surface area contributed by atoms with Crippen molar-refractivity contribution in [1.82, 2.24) is 5.16 Å². The second-order valence-corrected chi connectivity index (χ2v) is 7.67. The van der Waals surface area contributed by atoms with Gasteiger partial charge in [0.15, 0.2) is 0 Å². The smallest absolute Gasteiger partial charge is 0.312 e. The molecular formula is C23H17Cl2NO2. The molecule has 0 aliphatic rings. The normalized spacial score (nSPS) is 11.3. The maximum atomic E-state index is 12.2. The van der Waals surface area contributed by atoms with Gasteiger partial charge in [0.05, 0.1) is 11.3 Å². The Bertz CT molecular complexity index is 1200. The van der Waals surface area contributed by atoms with Gasteiger partial charge in [0.1, 0.15) is 5.69 Å². The summed E-state index contributed by atoms with van der Waals surface area (Å²) >= 11 is 12.5. The fraction of sp³-hybridized carbons (Fsp3) is 0.130. The third-order valence-corrected chi connectivity index (χ3v) is 5.80. The summed E-state index contributed by atoms with van der Waals surface area (Å²) in [5.74, 6) is -0.235. The van der Waals surface area contributed by atoms with Crippen molar-refractivity contribution in [2.75, 3.05) is 0 Å². The molecule has 0 atom stereocenters. The summed E-state index contributed by atoms with van der Waals surface area (Å²) in [5, 5.41) is 6.89. The Morgan fingerprint density at radius 2 is 1.36 bits per heavy atom. The van der Waals surface area contributed by atoms with E-state index in [-0.39, 0.29) is 5.92 Å². The van der Waals surface area contributed by atoms with E-state index in [1.54, 1.807) is 6.07 Å². The van der Waals surface area contributed by atoms with Crippen LogP contribution in [0.2, 0.25) is 10.0 Å². The van der Waals surface area contributed by atoms with Crippen LogP contribution < -0.4 is 5.63 Å². The van der Waals surface area contributed by atoms with Gasteiger partial charge < -0.3 is 4.52 Å². The summed E-state index contributed by atoms with van der Waals surface area (Å²) < 4.78 is 5.15. The number of benzene rings is 3. The SMILES string of the molecule is Cc1cc(C(c2ccc(Cl)c(C)c2)c2noc(=O)c3ccccc23)ccc1Cl. The van der Waals surface area contributed by atoms with Gasteiger partial charge in [-0.3, -0.25) is 0 Å². The molecule has 5 heteroatoms. The predicted molar refractivity (Wildman–Crippen MR) is 114 cm³/mol. The zero-order valence-electron chi connectivity index (χ0n) is 15.4. The minimum atomic E-state index is -0.447. The highest BCUT2D eigenvalue weighted by Gasteiger charge is 2.23. The van der Waals surface area contributed by atoms with Crippen molar-refractivity contribution in [2.45, 2.75) is 19.8 Å². The molecule has 3 nitrogen and oxygen atoms in total. The van der Waals surface area contributed by atoms with Crippen LogP contribution in [0.3, 0.4) is 0 Å².